The fourth-order valence-electron chi connectivity index (χ4n) is 1.97. The van der Waals surface area contributed by atoms with Gasteiger partial charge in [0, 0.05) is 12.6 Å². The minimum atomic E-state index is 0.721. The Morgan fingerprint density at radius 2 is 2.05 bits per heavy atom. The van der Waals surface area contributed by atoms with Gasteiger partial charge in [-0.3, -0.25) is 0 Å². The zero-order chi connectivity index (χ0) is 15.2. The summed E-state index contributed by atoms with van der Waals surface area (Å²) in [6.45, 7) is 4.92. The zero-order valence-electron chi connectivity index (χ0n) is 12.6. The Kier molecular flexibility index (Phi) is 5.78. The number of halogens is 1. The molecule has 0 bridgehead atoms. The Morgan fingerprint density at radius 1 is 1.24 bits per heavy atom. The first-order chi connectivity index (χ1) is 10.2. The van der Waals surface area contributed by atoms with Gasteiger partial charge in [-0.2, -0.15) is 0 Å². The van der Waals surface area contributed by atoms with E-state index < -0.39 is 0 Å². The summed E-state index contributed by atoms with van der Waals surface area (Å²) < 4.78 is 6.76. The molecule has 1 aromatic carbocycles. The van der Waals surface area contributed by atoms with Gasteiger partial charge in [0.25, 0.3) is 0 Å². The number of hydrogen-bond acceptors (Lipinski definition) is 4. The number of anilines is 1. The highest BCUT2D eigenvalue weighted by molar-refractivity contribution is 14.1. The smallest absolute Gasteiger partial charge is 0.161 e. The fraction of sp³-hybridized carbons (Fsp3) is 0.375. The molecule has 0 aliphatic rings. The summed E-state index contributed by atoms with van der Waals surface area (Å²) in [4.78, 5) is 9.28. The van der Waals surface area contributed by atoms with Gasteiger partial charge in [0.05, 0.1) is 15.9 Å². The van der Waals surface area contributed by atoms with E-state index in [2.05, 4.69) is 51.7 Å². The van der Waals surface area contributed by atoms with Crippen LogP contribution < -0.4 is 10.1 Å². The van der Waals surface area contributed by atoms with Crippen molar-refractivity contribution < 1.29 is 4.74 Å². The van der Waals surface area contributed by atoms with Gasteiger partial charge in [0.1, 0.15) is 11.6 Å². The van der Waals surface area contributed by atoms with Crippen LogP contribution in [-0.4, -0.2) is 23.6 Å². The standard InChI is InChI=1S/C16H20IN3O/c1-4-9-21-12-8-6-7-11(10-12)15-19-13(5-2)14(17)16(18-3)20-15/h6-8,10H,4-5,9H2,1-3H3,(H,18,19,20). The number of rotatable bonds is 6. The van der Waals surface area contributed by atoms with Crippen LogP contribution >= 0.6 is 22.6 Å². The van der Waals surface area contributed by atoms with E-state index in [9.17, 15) is 0 Å². The van der Waals surface area contributed by atoms with Gasteiger partial charge in [-0.15, -0.1) is 0 Å². The topological polar surface area (TPSA) is 47.0 Å². The Hall–Kier alpha value is -1.37. The number of ether oxygens (including phenoxy) is 1. The van der Waals surface area contributed by atoms with E-state index in [1.807, 2.05) is 31.3 Å². The lowest BCUT2D eigenvalue weighted by molar-refractivity contribution is 0.317. The van der Waals surface area contributed by atoms with Gasteiger partial charge in [-0.05, 0) is 47.6 Å². The van der Waals surface area contributed by atoms with E-state index >= 15 is 0 Å². The van der Waals surface area contributed by atoms with Crippen molar-refractivity contribution in [2.45, 2.75) is 26.7 Å². The maximum atomic E-state index is 5.68. The van der Waals surface area contributed by atoms with Gasteiger partial charge >= 0.3 is 0 Å². The molecule has 2 aromatic rings. The van der Waals surface area contributed by atoms with Gasteiger partial charge in [-0.1, -0.05) is 26.0 Å². The summed E-state index contributed by atoms with van der Waals surface area (Å²) in [5.74, 6) is 2.47. The molecule has 0 atom stereocenters. The van der Waals surface area contributed by atoms with Crippen molar-refractivity contribution >= 4 is 28.4 Å². The lowest BCUT2D eigenvalue weighted by Gasteiger charge is -2.11. The third-order valence-electron chi connectivity index (χ3n) is 3.06. The molecule has 0 amide bonds. The minimum absolute atomic E-state index is 0.721. The lowest BCUT2D eigenvalue weighted by Crippen LogP contribution is -2.05. The van der Waals surface area contributed by atoms with Crippen molar-refractivity contribution in [3.63, 3.8) is 0 Å². The highest BCUT2D eigenvalue weighted by Crippen LogP contribution is 2.26. The molecule has 1 heterocycles. The molecule has 4 nitrogen and oxygen atoms in total. The molecule has 0 saturated heterocycles. The Labute approximate surface area is 139 Å². The number of nitrogens with one attached hydrogen (secondary N) is 1. The van der Waals surface area contributed by atoms with E-state index in [0.29, 0.717) is 0 Å². The highest BCUT2D eigenvalue weighted by Gasteiger charge is 2.12. The molecular formula is C16H20IN3O. The molecule has 0 fully saturated rings. The van der Waals surface area contributed by atoms with Crippen molar-refractivity contribution in [3.05, 3.63) is 33.5 Å². The second-order valence-corrected chi connectivity index (χ2v) is 5.72. The molecule has 5 heteroatoms. The summed E-state index contributed by atoms with van der Waals surface area (Å²) in [6, 6.07) is 7.95. The predicted molar refractivity (Wildman–Crippen MR) is 94.9 cm³/mol. The van der Waals surface area contributed by atoms with Crippen LogP contribution in [0.3, 0.4) is 0 Å². The van der Waals surface area contributed by atoms with Gasteiger partial charge in [0.2, 0.25) is 0 Å². The number of aromatic nitrogens is 2. The van der Waals surface area contributed by atoms with Crippen LogP contribution in [0.15, 0.2) is 24.3 Å². The van der Waals surface area contributed by atoms with E-state index in [1.54, 1.807) is 0 Å². The minimum Gasteiger partial charge on any atom is -0.494 e. The molecule has 0 aliphatic heterocycles. The van der Waals surface area contributed by atoms with E-state index in [1.165, 1.54) is 0 Å². The fourth-order valence-corrected chi connectivity index (χ4v) is 2.86. The highest BCUT2D eigenvalue weighted by atomic mass is 127. The van der Waals surface area contributed by atoms with Crippen LogP contribution in [-0.2, 0) is 6.42 Å². The predicted octanol–water partition coefficient (Wildman–Crippen LogP) is 4.14. The molecule has 0 radical (unpaired) electrons. The summed E-state index contributed by atoms with van der Waals surface area (Å²) in [6.07, 6.45) is 1.88. The van der Waals surface area contributed by atoms with Crippen molar-refractivity contribution in [2.75, 3.05) is 19.0 Å². The summed E-state index contributed by atoms with van der Waals surface area (Å²) >= 11 is 2.29. The third kappa shape index (κ3) is 3.84. The molecule has 112 valence electrons. The van der Waals surface area contributed by atoms with E-state index in [0.717, 1.165) is 51.7 Å². The molecule has 1 aromatic heterocycles. The number of benzene rings is 1. The van der Waals surface area contributed by atoms with Crippen molar-refractivity contribution in [3.8, 4) is 17.1 Å². The first-order valence-electron chi connectivity index (χ1n) is 7.17. The van der Waals surface area contributed by atoms with Crippen LogP contribution in [0.4, 0.5) is 5.82 Å². The average Bonchev–Trinajstić information content (AvgIpc) is 2.53. The molecule has 21 heavy (non-hydrogen) atoms. The molecule has 2 rings (SSSR count). The summed E-state index contributed by atoms with van der Waals surface area (Å²) in [5, 5.41) is 3.14. The Balaban J connectivity index is 2.41. The van der Waals surface area contributed by atoms with Crippen LogP contribution in [0.2, 0.25) is 0 Å². The quantitative estimate of drug-likeness (QED) is 0.745. The maximum Gasteiger partial charge on any atom is 0.161 e. The van der Waals surface area contributed by atoms with E-state index in [4.69, 9.17) is 4.74 Å². The molecule has 0 aliphatic carbocycles. The molecule has 0 unspecified atom stereocenters. The molecule has 0 spiro atoms. The molecule has 1 N–H and O–H groups in total. The van der Waals surface area contributed by atoms with Crippen molar-refractivity contribution in [2.24, 2.45) is 0 Å². The summed E-state index contributed by atoms with van der Waals surface area (Å²) in [5.41, 5.74) is 2.04. The Morgan fingerprint density at radius 3 is 2.71 bits per heavy atom. The van der Waals surface area contributed by atoms with Gasteiger partial charge < -0.3 is 10.1 Å². The first kappa shape index (κ1) is 16.0. The average molecular weight is 397 g/mol. The second-order valence-electron chi connectivity index (χ2n) is 4.64. The number of nitrogens with zero attached hydrogens (tertiary/aromatic N) is 2. The van der Waals surface area contributed by atoms with E-state index in [-0.39, 0.29) is 0 Å². The molecular weight excluding hydrogens is 377 g/mol. The van der Waals surface area contributed by atoms with Crippen LogP contribution in [0, 0.1) is 3.57 Å². The summed E-state index contributed by atoms with van der Waals surface area (Å²) in [7, 11) is 1.88. The number of aryl methyl sites for hydroxylation is 1. The zero-order valence-corrected chi connectivity index (χ0v) is 14.8. The monoisotopic (exact) mass is 397 g/mol. The van der Waals surface area contributed by atoms with Crippen LogP contribution in [0.1, 0.15) is 26.0 Å². The SMILES string of the molecule is CCCOc1cccc(-c2nc(CC)c(I)c(NC)n2)c1. The maximum absolute atomic E-state index is 5.68. The normalized spacial score (nSPS) is 10.5. The van der Waals surface area contributed by atoms with Crippen molar-refractivity contribution in [1.82, 2.24) is 9.97 Å². The first-order valence-corrected chi connectivity index (χ1v) is 8.24. The van der Waals surface area contributed by atoms with Gasteiger partial charge in [0.15, 0.2) is 5.82 Å². The second kappa shape index (κ2) is 7.59. The van der Waals surface area contributed by atoms with Crippen molar-refractivity contribution in [1.29, 1.82) is 0 Å². The largest absolute Gasteiger partial charge is 0.494 e. The number of hydrogen-bond donors (Lipinski definition) is 1. The van der Waals surface area contributed by atoms with Crippen LogP contribution in [0.25, 0.3) is 11.4 Å². The van der Waals surface area contributed by atoms with Crippen LogP contribution in [0.5, 0.6) is 5.75 Å². The third-order valence-corrected chi connectivity index (χ3v) is 4.19. The lowest BCUT2D eigenvalue weighted by atomic mass is 10.2. The van der Waals surface area contributed by atoms with Gasteiger partial charge in [-0.25, -0.2) is 9.97 Å². The Bertz CT molecular complexity index is 591. The molecule has 0 saturated carbocycles.